The van der Waals surface area contributed by atoms with E-state index in [4.69, 9.17) is 4.74 Å². The summed E-state index contributed by atoms with van der Waals surface area (Å²) < 4.78 is 6.61. The van der Waals surface area contributed by atoms with Gasteiger partial charge in [-0.05, 0) is 54.5 Å². The minimum absolute atomic E-state index is 0.541. The summed E-state index contributed by atoms with van der Waals surface area (Å²) in [6.07, 6.45) is 4.24. The van der Waals surface area contributed by atoms with Gasteiger partial charge in [-0.2, -0.15) is 0 Å². The average Bonchev–Trinajstić information content (AvgIpc) is 2.63. The van der Waals surface area contributed by atoms with Crippen LogP contribution in [0.2, 0.25) is 0 Å². The quantitative estimate of drug-likeness (QED) is 0.843. The molecule has 0 saturated carbocycles. The second kappa shape index (κ2) is 4.94. The molecule has 82 valence electrons. The van der Waals surface area contributed by atoms with Crippen molar-refractivity contribution in [2.24, 2.45) is 0 Å². The van der Waals surface area contributed by atoms with E-state index in [0.29, 0.717) is 11.9 Å². The Hall–Kier alpha value is -0.610. The largest absolute Gasteiger partial charge is 0.475 e. The van der Waals surface area contributed by atoms with Gasteiger partial charge in [0.05, 0.1) is 4.47 Å². The number of likely N-dealkylation sites (tertiary alicyclic amines) is 1. The summed E-state index contributed by atoms with van der Waals surface area (Å²) in [5.41, 5.74) is 0. The zero-order chi connectivity index (χ0) is 10.7. The molecule has 2 heterocycles. The topological polar surface area (TPSA) is 25.4 Å². The zero-order valence-electron chi connectivity index (χ0n) is 8.82. The van der Waals surface area contributed by atoms with Crippen molar-refractivity contribution in [2.45, 2.75) is 18.9 Å². The van der Waals surface area contributed by atoms with Crippen molar-refractivity contribution in [1.82, 2.24) is 9.88 Å². The Balaban J connectivity index is 1.90. The summed E-state index contributed by atoms with van der Waals surface area (Å²) in [6, 6.07) is 4.37. The van der Waals surface area contributed by atoms with Crippen molar-refractivity contribution in [1.29, 1.82) is 0 Å². The van der Waals surface area contributed by atoms with Gasteiger partial charge < -0.3 is 9.64 Å². The van der Waals surface area contributed by atoms with Crippen molar-refractivity contribution < 1.29 is 4.74 Å². The van der Waals surface area contributed by atoms with Crippen LogP contribution in [0.3, 0.4) is 0 Å². The van der Waals surface area contributed by atoms with Gasteiger partial charge in [-0.1, -0.05) is 0 Å². The molecule has 0 bridgehead atoms. The highest BCUT2D eigenvalue weighted by molar-refractivity contribution is 9.10. The Bertz CT molecular complexity index is 332. The molecule has 1 aliphatic rings. The number of rotatable bonds is 3. The van der Waals surface area contributed by atoms with Crippen LogP contribution in [0.4, 0.5) is 0 Å². The van der Waals surface area contributed by atoms with Crippen molar-refractivity contribution in [2.75, 3.05) is 20.2 Å². The third-order valence-electron chi connectivity index (χ3n) is 2.81. The molecule has 1 aromatic rings. The third kappa shape index (κ3) is 2.69. The van der Waals surface area contributed by atoms with E-state index in [1.165, 1.54) is 19.4 Å². The van der Waals surface area contributed by atoms with Gasteiger partial charge in [0.15, 0.2) is 0 Å². The highest BCUT2D eigenvalue weighted by atomic mass is 79.9. The predicted octanol–water partition coefficient (Wildman–Crippen LogP) is 2.32. The van der Waals surface area contributed by atoms with Crippen LogP contribution >= 0.6 is 15.9 Å². The predicted molar refractivity (Wildman–Crippen MR) is 63.1 cm³/mol. The van der Waals surface area contributed by atoms with Crippen LogP contribution < -0.4 is 4.74 Å². The summed E-state index contributed by atoms with van der Waals surface area (Å²) in [7, 11) is 2.15. The summed E-state index contributed by atoms with van der Waals surface area (Å²) >= 11 is 3.42. The van der Waals surface area contributed by atoms with Crippen LogP contribution in [0.5, 0.6) is 5.88 Å². The van der Waals surface area contributed by atoms with Gasteiger partial charge in [-0.3, -0.25) is 0 Å². The molecule has 0 radical (unpaired) electrons. The van der Waals surface area contributed by atoms with Crippen molar-refractivity contribution in [3.63, 3.8) is 0 Å². The Morgan fingerprint density at radius 1 is 1.67 bits per heavy atom. The van der Waals surface area contributed by atoms with E-state index in [2.05, 4.69) is 32.9 Å². The molecule has 15 heavy (non-hydrogen) atoms. The molecule has 0 aromatic carbocycles. The molecule has 1 saturated heterocycles. The van der Waals surface area contributed by atoms with E-state index >= 15 is 0 Å². The second-order valence-electron chi connectivity index (χ2n) is 3.88. The minimum Gasteiger partial charge on any atom is -0.475 e. The van der Waals surface area contributed by atoms with Gasteiger partial charge in [-0.15, -0.1) is 0 Å². The lowest BCUT2D eigenvalue weighted by atomic mass is 10.2. The average molecular weight is 271 g/mol. The van der Waals surface area contributed by atoms with E-state index in [1.54, 1.807) is 6.20 Å². The number of hydrogen-bond acceptors (Lipinski definition) is 3. The van der Waals surface area contributed by atoms with Crippen molar-refractivity contribution in [3.8, 4) is 5.88 Å². The highest BCUT2D eigenvalue weighted by Crippen LogP contribution is 2.22. The van der Waals surface area contributed by atoms with Gasteiger partial charge >= 0.3 is 0 Å². The lowest BCUT2D eigenvalue weighted by molar-refractivity contribution is 0.192. The summed E-state index contributed by atoms with van der Waals surface area (Å²) in [5.74, 6) is 0.692. The molecule has 3 nitrogen and oxygen atoms in total. The first-order valence-corrected chi connectivity index (χ1v) is 6.00. The maximum atomic E-state index is 5.69. The van der Waals surface area contributed by atoms with Gasteiger partial charge in [0.1, 0.15) is 6.61 Å². The molecule has 0 spiro atoms. The Labute approximate surface area is 98.6 Å². The zero-order valence-corrected chi connectivity index (χ0v) is 10.4. The molecule has 1 unspecified atom stereocenters. The monoisotopic (exact) mass is 270 g/mol. The summed E-state index contributed by atoms with van der Waals surface area (Å²) in [6.45, 7) is 1.91. The normalized spacial score (nSPS) is 21.9. The van der Waals surface area contributed by atoms with Crippen molar-refractivity contribution in [3.05, 3.63) is 22.8 Å². The number of hydrogen-bond donors (Lipinski definition) is 0. The molecule has 1 aliphatic heterocycles. The van der Waals surface area contributed by atoms with E-state index in [1.807, 2.05) is 12.1 Å². The number of likely N-dealkylation sites (N-methyl/N-ethyl adjacent to an activating group) is 1. The van der Waals surface area contributed by atoms with E-state index in [0.717, 1.165) is 11.1 Å². The smallest absolute Gasteiger partial charge is 0.227 e. The molecule has 0 N–H and O–H groups in total. The molecule has 1 aromatic heterocycles. The number of aromatic nitrogens is 1. The van der Waals surface area contributed by atoms with Crippen LogP contribution in [0.25, 0.3) is 0 Å². The maximum Gasteiger partial charge on any atom is 0.227 e. The lowest BCUT2D eigenvalue weighted by Gasteiger charge is -2.19. The number of pyridine rings is 1. The van der Waals surface area contributed by atoms with Crippen LogP contribution in [0.15, 0.2) is 22.8 Å². The number of nitrogens with zero attached hydrogens (tertiary/aromatic N) is 2. The summed E-state index contributed by atoms with van der Waals surface area (Å²) in [5, 5.41) is 0. The van der Waals surface area contributed by atoms with Crippen LogP contribution in [0, 0.1) is 0 Å². The molecule has 0 aliphatic carbocycles. The fraction of sp³-hybridized carbons (Fsp3) is 0.545. The summed E-state index contributed by atoms with van der Waals surface area (Å²) in [4.78, 5) is 6.52. The molecule has 1 atom stereocenters. The number of halogens is 1. The molecule has 2 rings (SSSR count). The van der Waals surface area contributed by atoms with Gasteiger partial charge in [0.25, 0.3) is 0 Å². The van der Waals surface area contributed by atoms with Crippen LogP contribution in [-0.4, -0.2) is 36.1 Å². The number of ether oxygens (including phenoxy) is 1. The Kier molecular flexibility index (Phi) is 3.59. The van der Waals surface area contributed by atoms with E-state index in [-0.39, 0.29) is 0 Å². The molecule has 4 heteroatoms. The Morgan fingerprint density at radius 3 is 3.20 bits per heavy atom. The van der Waals surface area contributed by atoms with Gasteiger partial charge in [-0.25, -0.2) is 4.98 Å². The van der Waals surface area contributed by atoms with Gasteiger partial charge in [0.2, 0.25) is 5.88 Å². The molecular formula is C11H15BrN2O. The first-order chi connectivity index (χ1) is 7.27. The highest BCUT2D eigenvalue weighted by Gasteiger charge is 2.21. The van der Waals surface area contributed by atoms with Crippen LogP contribution in [0.1, 0.15) is 12.8 Å². The second-order valence-corrected chi connectivity index (χ2v) is 4.73. The lowest BCUT2D eigenvalue weighted by Crippen LogP contribution is -2.30. The molecular weight excluding hydrogens is 256 g/mol. The maximum absolute atomic E-state index is 5.69. The fourth-order valence-electron chi connectivity index (χ4n) is 1.84. The van der Waals surface area contributed by atoms with E-state index < -0.39 is 0 Å². The first-order valence-electron chi connectivity index (χ1n) is 5.21. The van der Waals surface area contributed by atoms with Crippen LogP contribution in [-0.2, 0) is 0 Å². The third-order valence-corrected chi connectivity index (χ3v) is 3.41. The first kappa shape index (κ1) is 10.9. The SMILES string of the molecule is CN1CCCC1COc1ncccc1Br. The molecule has 0 amide bonds. The molecule has 1 fully saturated rings. The standard InChI is InChI=1S/C11H15BrN2O/c1-14-7-3-4-9(14)8-15-11-10(12)5-2-6-13-11/h2,5-6,9H,3-4,7-8H2,1H3. The minimum atomic E-state index is 0.541. The van der Waals surface area contributed by atoms with E-state index in [9.17, 15) is 0 Å². The Morgan fingerprint density at radius 2 is 2.53 bits per heavy atom. The van der Waals surface area contributed by atoms with Crippen molar-refractivity contribution >= 4 is 15.9 Å². The van der Waals surface area contributed by atoms with Gasteiger partial charge in [0, 0.05) is 12.2 Å². The fourth-order valence-corrected chi connectivity index (χ4v) is 2.21.